The van der Waals surface area contributed by atoms with Crippen LogP contribution >= 0.6 is 0 Å². The van der Waals surface area contributed by atoms with Crippen LogP contribution in [-0.4, -0.2) is 70.4 Å². The number of hydrogen-bond acceptors (Lipinski definition) is 6. The number of carbonyl (C=O) groups is 1. The fourth-order valence-corrected chi connectivity index (χ4v) is 3.74. The smallest absolute Gasteiger partial charge is 0.406 e. The lowest BCUT2D eigenvalue weighted by Gasteiger charge is -2.21. The standard InChI is InChI=1S/C20H22F4N4O4/c1-2-31-19-25-15-14(27(19)10-12-4-6-13(21)7-5-12)16(30)26(8-3-9-29)17-18(32-17)28(15)11-20(22,23)24/h4-7,17-18,29H,2-3,8-11H2,1H3. The van der Waals surface area contributed by atoms with Gasteiger partial charge in [-0.3, -0.25) is 9.36 Å². The van der Waals surface area contributed by atoms with Gasteiger partial charge in [0.1, 0.15) is 12.4 Å². The SMILES string of the molecule is CCOc1nc2c(n1Cc1ccc(F)cc1)C(=O)N(CCCO)C1OC1N2CC(F)(F)F. The van der Waals surface area contributed by atoms with E-state index in [9.17, 15) is 27.5 Å². The second kappa shape index (κ2) is 8.58. The quantitative estimate of drug-likeness (QED) is 0.483. The first-order valence-corrected chi connectivity index (χ1v) is 10.1. The number of epoxide rings is 1. The number of amides is 1. The predicted molar refractivity (Wildman–Crippen MR) is 104 cm³/mol. The van der Waals surface area contributed by atoms with Crippen LogP contribution in [0.3, 0.4) is 0 Å². The molecule has 12 heteroatoms. The van der Waals surface area contributed by atoms with Crippen LogP contribution in [0.5, 0.6) is 6.01 Å². The van der Waals surface area contributed by atoms with Gasteiger partial charge in [-0.15, -0.1) is 0 Å². The highest BCUT2D eigenvalue weighted by Gasteiger charge is 2.56. The summed E-state index contributed by atoms with van der Waals surface area (Å²) in [5.41, 5.74) is 0.533. The van der Waals surface area contributed by atoms with Crippen molar-refractivity contribution in [2.24, 2.45) is 0 Å². The second-order valence-electron chi connectivity index (χ2n) is 7.45. The first-order valence-electron chi connectivity index (χ1n) is 10.1. The molecule has 1 aromatic heterocycles. The zero-order chi connectivity index (χ0) is 23.0. The van der Waals surface area contributed by atoms with Gasteiger partial charge in [0, 0.05) is 13.2 Å². The molecule has 0 radical (unpaired) electrons. The van der Waals surface area contributed by atoms with E-state index in [1.54, 1.807) is 6.92 Å². The van der Waals surface area contributed by atoms with E-state index in [0.29, 0.717) is 5.56 Å². The van der Waals surface area contributed by atoms with Crippen LogP contribution in [-0.2, 0) is 11.3 Å². The Morgan fingerprint density at radius 1 is 1.19 bits per heavy atom. The number of carbonyl (C=O) groups excluding carboxylic acids is 1. The highest BCUT2D eigenvalue weighted by molar-refractivity contribution is 5.99. The van der Waals surface area contributed by atoms with Crippen molar-refractivity contribution in [2.75, 3.05) is 31.2 Å². The van der Waals surface area contributed by atoms with Crippen molar-refractivity contribution in [3.63, 3.8) is 0 Å². The minimum absolute atomic E-state index is 0.0245. The number of halogens is 4. The van der Waals surface area contributed by atoms with Crippen molar-refractivity contribution in [3.8, 4) is 6.01 Å². The maximum Gasteiger partial charge on any atom is 0.406 e. The van der Waals surface area contributed by atoms with Gasteiger partial charge in [-0.1, -0.05) is 12.1 Å². The molecular formula is C20H22F4N4O4. The number of hydrogen-bond donors (Lipinski definition) is 1. The molecule has 0 aliphatic carbocycles. The molecule has 2 aliphatic heterocycles. The molecule has 2 unspecified atom stereocenters. The van der Waals surface area contributed by atoms with E-state index in [4.69, 9.17) is 9.47 Å². The van der Waals surface area contributed by atoms with Crippen LogP contribution in [0.4, 0.5) is 23.4 Å². The summed E-state index contributed by atoms with van der Waals surface area (Å²) in [7, 11) is 0. The number of benzene rings is 1. The molecule has 3 heterocycles. The highest BCUT2D eigenvalue weighted by atomic mass is 19.4. The number of aromatic nitrogens is 2. The molecule has 2 aromatic rings. The fraction of sp³-hybridized carbons (Fsp3) is 0.500. The molecule has 1 N–H and O–H groups in total. The fourth-order valence-electron chi connectivity index (χ4n) is 3.74. The summed E-state index contributed by atoms with van der Waals surface area (Å²) in [5.74, 6) is -1.20. The normalized spacial score (nSPS) is 20.1. The third-order valence-corrected chi connectivity index (χ3v) is 5.14. The molecule has 1 saturated heterocycles. The van der Waals surface area contributed by atoms with Gasteiger partial charge >= 0.3 is 6.18 Å². The summed E-state index contributed by atoms with van der Waals surface area (Å²) in [6.07, 6.45) is -6.22. The molecule has 32 heavy (non-hydrogen) atoms. The van der Waals surface area contributed by atoms with E-state index in [2.05, 4.69) is 4.98 Å². The van der Waals surface area contributed by atoms with Crippen LogP contribution in [0.1, 0.15) is 29.4 Å². The third-order valence-electron chi connectivity index (χ3n) is 5.14. The Hall–Kier alpha value is -2.86. The molecular weight excluding hydrogens is 436 g/mol. The van der Waals surface area contributed by atoms with Gasteiger partial charge in [-0.2, -0.15) is 18.2 Å². The Kier molecular flexibility index (Phi) is 5.99. The summed E-state index contributed by atoms with van der Waals surface area (Å²) < 4.78 is 65.8. The lowest BCUT2D eigenvalue weighted by molar-refractivity contribution is -0.120. The molecule has 4 rings (SSSR count). The average Bonchev–Trinajstić information content (AvgIpc) is 3.44. The number of fused-ring (bicyclic) bond motifs is 2. The molecule has 1 amide bonds. The van der Waals surface area contributed by atoms with Gasteiger partial charge in [0.25, 0.3) is 11.9 Å². The minimum atomic E-state index is -4.57. The van der Waals surface area contributed by atoms with E-state index in [0.717, 1.165) is 4.90 Å². The summed E-state index contributed by atoms with van der Waals surface area (Å²) in [4.78, 5) is 19.9. The highest BCUT2D eigenvalue weighted by Crippen LogP contribution is 2.42. The number of imidazole rings is 1. The van der Waals surface area contributed by atoms with Gasteiger partial charge in [0.2, 0.25) is 0 Å². The lowest BCUT2D eigenvalue weighted by Crippen LogP contribution is -2.39. The number of ether oxygens (including phenoxy) is 2. The van der Waals surface area contributed by atoms with Crippen LogP contribution < -0.4 is 9.64 Å². The third kappa shape index (κ3) is 4.37. The van der Waals surface area contributed by atoms with Crippen molar-refractivity contribution in [1.29, 1.82) is 0 Å². The zero-order valence-corrected chi connectivity index (χ0v) is 17.2. The molecule has 0 spiro atoms. The molecule has 1 fully saturated rings. The van der Waals surface area contributed by atoms with Gasteiger partial charge < -0.3 is 24.4 Å². The largest absolute Gasteiger partial charge is 0.465 e. The second-order valence-corrected chi connectivity index (χ2v) is 7.45. The van der Waals surface area contributed by atoms with Crippen molar-refractivity contribution in [3.05, 3.63) is 41.3 Å². The topological polar surface area (TPSA) is 83.4 Å². The minimum Gasteiger partial charge on any atom is -0.465 e. The van der Waals surface area contributed by atoms with E-state index in [1.807, 2.05) is 0 Å². The van der Waals surface area contributed by atoms with Crippen LogP contribution in [0, 0.1) is 5.82 Å². The van der Waals surface area contributed by atoms with Gasteiger partial charge in [0.15, 0.2) is 24.0 Å². The maximum atomic E-state index is 13.5. The number of anilines is 1. The molecule has 1 aromatic carbocycles. The molecule has 2 aliphatic rings. The average molecular weight is 458 g/mol. The first-order chi connectivity index (χ1) is 15.2. The van der Waals surface area contributed by atoms with E-state index in [-0.39, 0.29) is 50.2 Å². The molecule has 8 nitrogen and oxygen atoms in total. The van der Waals surface area contributed by atoms with Crippen molar-refractivity contribution < 1.29 is 36.9 Å². The number of aliphatic hydroxyl groups excluding tert-OH is 1. The number of nitrogens with zero attached hydrogens (tertiary/aromatic N) is 4. The molecule has 2 atom stereocenters. The Labute approximate surface area is 180 Å². The maximum absolute atomic E-state index is 13.5. The number of alkyl halides is 3. The number of aliphatic hydroxyl groups is 1. The van der Waals surface area contributed by atoms with E-state index >= 15 is 0 Å². The van der Waals surface area contributed by atoms with Gasteiger partial charge in [-0.05, 0) is 31.0 Å². The van der Waals surface area contributed by atoms with Crippen LogP contribution in [0.25, 0.3) is 0 Å². The Morgan fingerprint density at radius 3 is 2.50 bits per heavy atom. The van der Waals surface area contributed by atoms with Crippen LogP contribution in [0.15, 0.2) is 24.3 Å². The Morgan fingerprint density at radius 2 is 1.88 bits per heavy atom. The number of rotatable bonds is 8. The van der Waals surface area contributed by atoms with Crippen molar-refractivity contribution >= 4 is 11.7 Å². The van der Waals surface area contributed by atoms with Gasteiger partial charge in [0.05, 0.1) is 13.2 Å². The van der Waals surface area contributed by atoms with E-state index in [1.165, 1.54) is 33.7 Å². The summed E-state index contributed by atoms with van der Waals surface area (Å²) in [6, 6.07) is 5.50. The summed E-state index contributed by atoms with van der Waals surface area (Å²) in [5, 5.41) is 9.19. The molecule has 0 bridgehead atoms. The lowest BCUT2D eigenvalue weighted by atomic mass is 10.2. The van der Waals surface area contributed by atoms with Crippen LogP contribution in [0.2, 0.25) is 0 Å². The monoisotopic (exact) mass is 458 g/mol. The van der Waals surface area contributed by atoms with E-state index < -0.39 is 36.9 Å². The zero-order valence-electron chi connectivity index (χ0n) is 17.2. The van der Waals surface area contributed by atoms with Crippen molar-refractivity contribution in [2.45, 2.75) is 38.5 Å². The molecule has 174 valence electrons. The Balaban J connectivity index is 1.82. The first kappa shape index (κ1) is 22.3. The molecule has 0 saturated carbocycles. The Bertz CT molecular complexity index is 979. The summed E-state index contributed by atoms with van der Waals surface area (Å²) in [6.45, 7) is 0.435. The van der Waals surface area contributed by atoms with Gasteiger partial charge in [-0.25, -0.2) is 4.39 Å². The summed E-state index contributed by atoms with van der Waals surface area (Å²) >= 11 is 0. The van der Waals surface area contributed by atoms with Crippen molar-refractivity contribution in [1.82, 2.24) is 14.5 Å². The predicted octanol–water partition coefficient (Wildman–Crippen LogP) is 2.36.